The van der Waals surface area contributed by atoms with Crippen LogP contribution in [0.3, 0.4) is 0 Å². The van der Waals surface area contributed by atoms with Crippen LogP contribution in [0.1, 0.15) is 25.5 Å². The fraction of sp³-hybridized carbons (Fsp3) is 0.615. The van der Waals surface area contributed by atoms with Gasteiger partial charge in [-0.1, -0.05) is 12.1 Å². The summed E-state index contributed by atoms with van der Waals surface area (Å²) in [6, 6.07) is 1.01. The molecule has 2 unspecified atom stereocenters. The van der Waals surface area contributed by atoms with E-state index in [1.807, 2.05) is 6.92 Å². The number of nitrogens with zero attached hydrogens (tertiary/aromatic N) is 2. The van der Waals surface area contributed by atoms with E-state index in [0.29, 0.717) is 12.2 Å². The zero-order valence-electron chi connectivity index (χ0n) is 11.6. The molecule has 2 atom stereocenters. The Morgan fingerprint density at radius 2 is 2.35 bits per heavy atom. The number of carboxylic acids is 1. The number of anilines is 1. The van der Waals surface area contributed by atoms with Crippen LogP contribution in [-0.2, 0) is 9.59 Å². The quantitative estimate of drug-likeness (QED) is 0.858. The lowest BCUT2D eigenvalue weighted by Gasteiger charge is -2.36. The summed E-state index contributed by atoms with van der Waals surface area (Å²) in [7, 11) is 0. The molecule has 1 aliphatic heterocycles. The largest absolute Gasteiger partial charge is 0.480 e. The molecule has 0 bridgehead atoms. The van der Waals surface area contributed by atoms with Crippen LogP contribution >= 0.6 is 0 Å². The minimum absolute atomic E-state index is 0.0427. The highest BCUT2D eigenvalue weighted by molar-refractivity contribution is 5.91. The van der Waals surface area contributed by atoms with E-state index in [4.69, 9.17) is 4.52 Å². The van der Waals surface area contributed by atoms with Crippen LogP contribution in [0.15, 0.2) is 10.6 Å². The number of carboxylic acid groups (broad SMARTS) is 1. The van der Waals surface area contributed by atoms with E-state index in [1.54, 1.807) is 17.9 Å². The van der Waals surface area contributed by atoms with E-state index in [9.17, 15) is 14.7 Å². The third-order valence-electron chi connectivity index (χ3n) is 3.53. The van der Waals surface area contributed by atoms with Crippen molar-refractivity contribution in [2.24, 2.45) is 5.92 Å². The number of carbonyl (C=O) groups excluding carboxylic acids is 1. The second-order valence-corrected chi connectivity index (χ2v) is 5.25. The van der Waals surface area contributed by atoms with Gasteiger partial charge in [-0.05, 0) is 32.2 Å². The lowest BCUT2D eigenvalue weighted by atomic mass is 9.91. The number of aryl methyl sites for hydroxylation is 1. The first kappa shape index (κ1) is 14.5. The van der Waals surface area contributed by atoms with Gasteiger partial charge in [-0.2, -0.15) is 0 Å². The molecule has 1 amide bonds. The number of piperidine rings is 1. The van der Waals surface area contributed by atoms with Gasteiger partial charge in [0.15, 0.2) is 0 Å². The molecular formula is C13H19N3O4. The van der Waals surface area contributed by atoms with Crippen molar-refractivity contribution in [3.63, 3.8) is 0 Å². The molecule has 7 heteroatoms. The topological polar surface area (TPSA) is 95.7 Å². The van der Waals surface area contributed by atoms with Gasteiger partial charge in [0.25, 0.3) is 0 Å². The Hall–Kier alpha value is -1.89. The number of amides is 1. The van der Waals surface area contributed by atoms with Crippen molar-refractivity contribution in [3.8, 4) is 0 Å². The first-order valence-corrected chi connectivity index (χ1v) is 6.67. The number of carbonyl (C=O) groups is 2. The van der Waals surface area contributed by atoms with Gasteiger partial charge in [0, 0.05) is 6.07 Å². The molecule has 1 aromatic heterocycles. The average molecular weight is 281 g/mol. The van der Waals surface area contributed by atoms with Crippen LogP contribution in [0.4, 0.5) is 5.88 Å². The smallest absolute Gasteiger partial charge is 0.321 e. The first-order chi connectivity index (χ1) is 9.47. The molecule has 1 saturated heterocycles. The van der Waals surface area contributed by atoms with Crippen molar-refractivity contribution >= 4 is 17.8 Å². The highest BCUT2D eigenvalue weighted by Gasteiger charge is 2.35. The van der Waals surface area contributed by atoms with Crippen LogP contribution in [-0.4, -0.2) is 46.2 Å². The summed E-state index contributed by atoms with van der Waals surface area (Å²) in [4.78, 5) is 25.0. The minimum atomic E-state index is -0.875. The molecule has 0 radical (unpaired) electrons. The number of rotatable bonds is 4. The van der Waals surface area contributed by atoms with Crippen LogP contribution < -0.4 is 5.32 Å². The van der Waals surface area contributed by atoms with Crippen molar-refractivity contribution in [1.29, 1.82) is 0 Å². The zero-order valence-corrected chi connectivity index (χ0v) is 11.6. The lowest BCUT2D eigenvalue weighted by molar-refractivity contribution is -0.147. The zero-order chi connectivity index (χ0) is 14.7. The summed E-state index contributed by atoms with van der Waals surface area (Å²) in [5.41, 5.74) is 0.676. The van der Waals surface area contributed by atoms with E-state index < -0.39 is 12.0 Å². The highest BCUT2D eigenvalue weighted by Crippen LogP contribution is 2.23. The summed E-state index contributed by atoms with van der Waals surface area (Å²) < 4.78 is 4.90. The van der Waals surface area contributed by atoms with Gasteiger partial charge in [-0.3, -0.25) is 19.8 Å². The predicted molar refractivity (Wildman–Crippen MR) is 71.3 cm³/mol. The fourth-order valence-electron chi connectivity index (χ4n) is 2.63. The summed E-state index contributed by atoms with van der Waals surface area (Å²) >= 11 is 0. The van der Waals surface area contributed by atoms with Gasteiger partial charge in [0.05, 0.1) is 12.2 Å². The normalized spacial score (nSPS) is 23.5. The molecule has 2 heterocycles. The van der Waals surface area contributed by atoms with Gasteiger partial charge < -0.3 is 9.63 Å². The van der Waals surface area contributed by atoms with Crippen molar-refractivity contribution in [3.05, 3.63) is 11.8 Å². The summed E-state index contributed by atoms with van der Waals surface area (Å²) in [6.45, 7) is 4.32. The van der Waals surface area contributed by atoms with Crippen LogP contribution in [0.25, 0.3) is 0 Å². The van der Waals surface area contributed by atoms with Gasteiger partial charge >= 0.3 is 5.97 Å². The van der Waals surface area contributed by atoms with E-state index in [0.717, 1.165) is 12.8 Å². The molecular weight excluding hydrogens is 262 g/mol. The predicted octanol–water partition coefficient (Wildman–Crippen LogP) is 1.11. The molecule has 0 aromatic carbocycles. The van der Waals surface area contributed by atoms with E-state index >= 15 is 0 Å². The number of aromatic nitrogens is 1. The molecule has 1 fully saturated rings. The van der Waals surface area contributed by atoms with Crippen LogP contribution in [0.5, 0.6) is 0 Å². The molecule has 2 N–H and O–H groups in total. The van der Waals surface area contributed by atoms with Gasteiger partial charge in [0.2, 0.25) is 11.8 Å². The van der Waals surface area contributed by atoms with Crippen LogP contribution in [0.2, 0.25) is 0 Å². The third-order valence-corrected chi connectivity index (χ3v) is 3.53. The molecule has 0 spiro atoms. The Kier molecular flexibility index (Phi) is 4.39. The van der Waals surface area contributed by atoms with Crippen molar-refractivity contribution in [2.45, 2.75) is 32.7 Å². The molecule has 1 aliphatic rings. The number of likely N-dealkylation sites (tertiary alicyclic amines) is 1. The Morgan fingerprint density at radius 1 is 1.60 bits per heavy atom. The lowest BCUT2D eigenvalue weighted by Crippen LogP contribution is -2.51. The fourth-order valence-corrected chi connectivity index (χ4v) is 2.63. The number of nitrogens with one attached hydrogen (secondary N) is 1. The van der Waals surface area contributed by atoms with Gasteiger partial charge in [0.1, 0.15) is 6.04 Å². The third kappa shape index (κ3) is 3.36. The molecule has 110 valence electrons. The molecule has 0 aliphatic carbocycles. The maximum atomic E-state index is 11.9. The minimum Gasteiger partial charge on any atom is -0.480 e. The Labute approximate surface area is 116 Å². The summed E-state index contributed by atoms with van der Waals surface area (Å²) in [5, 5.41) is 15.5. The van der Waals surface area contributed by atoms with Crippen molar-refractivity contribution < 1.29 is 19.2 Å². The number of hydrogen-bond donors (Lipinski definition) is 2. The maximum absolute atomic E-state index is 11.9. The van der Waals surface area contributed by atoms with Gasteiger partial charge in [-0.25, -0.2) is 0 Å². The second kappa shape index (κ2) is 6.04. The summed E-state index contributed by atoms with van der Waals surface area (Å²) in [6.07, 6.45) is 1.77. The number of aliphatic carboxylic acids is 1. The monoisotopic (exact) mass is 281 g/mol. The molecule has 0 saturated carbocycles. The van der Waals surface area contributed by atoms with Crippen molar-refractivity contribution in [2.75, 3.05) is 18.4 Å². The molecule has 20 heavy (non-hydrogen) atoms. The average Bonchev–Trinajstić information content (AvgIpc) is 2.74. The van der Waals surface area contributed by atoms with Crippen molar-refractivity contribution in [1.82, 2.24) is 10.1 Å². The number of hydrogen-bond acceptors (Lipinski definition) is 5. The Balaban J connectivity index is 1.96. The Morgan fingerprint density at radius 3 is 2.95 bits per heavy atom. The molecule has 7 nitrogen and oxygen atoms in total. The second-order valence-electron chi connectivity index (χ2n) is 5.25. The molecule has 2 rings (SSSR count). The SMILES string of the molecule is Cc1cc(NC(=O)CN2CCCC(C)C2C(=O)O)on1. The highest BCUT2D eigenvalue weighted by atomic mass is 16.5. The summed E-state index contributed by atoms with van der Waals surface area (Å²) in [5.74, 6) is -0.840. The maximum Gasteiger partial charge on any atom is 0.321 e. The standard InChI is InChI=1S/C13H19N3O4/c1-8-4-3-5-16(12(8)13(18)19)7-10(17)14-11-6-9(2)15-20-11/h6,8,12H,3-5,7H2,1-2H3,(H,14,17)(H,18,19). The van der Waals surface area contributed by atoms with Gasteiger partial charge in [-0.15, -0.1) is 0 Å². The van der Waals surface area contributed by atoms with E-state index in [-0.39, 0.29) is 24.3 Å². The first-order valence-electron chi connectivity index (χ1n) is 6.67. The van der Waals surface area contributed by atoms with Crippen LogP contribution in [0, 0.1) is 12.8 Å². The molecule has 1 aromatic rings. The van der Waals surface area contributed by atoms with E-state index in [1.165, 1.54) is 0 Å². The van der Waals surface area contributed by atoms with E-state index in [2.05, 4.69) is 10.5 Å². The Bertz CT molecular complexity index is 500.